The number of nitrogens with one attached hydrogen (secondary N) is 1. The Labute approximate surface area is 120 Å². The summed E-state index contributed by atoms with van der Waals surface area (Å²) >= 11 is 0. The van der Waals surface area contributed by atoms with Crippen LogP contribution in [0.15, 0.2) is 24.3 Å². The van der Waals surface area contributed by atoms with Gasteiger partial charge >= 0.3 is 12.3 Å². The predicted molar refractivity (Wildman–Crippen MR) is 69.4 cm³/mol. The number of hydrogen-bond acceptors (Lipinski definition) is 4. The van der Waals surface area contributed by atoms with Crippen molar-refractivity contribution in [3.63, 3.8) is 0 Å². The van der Waals surface area contributed by atoms with Gasteiger partial charge in [0.1, 0.15) is 12.4 Å². The Kier molecular flexibility index (Phi) is 6.86. The molecule has 1 atom stereocenters. The fourth-order valence-corrected chi connectivity index (χ4v) is 1.66. The average molecular weight is 310 g/mol. The smallest absolute Gasteiger partial charge is 0.330 e. The van der Waals surface area contributed by atoms with Crippen molar-refractivity contribution in [1.29, 1.82) is 0 Å². The first-order valence-corrected chi connectivity index (χ1v) is 6.34. The highest BCUT2D eigenvalue weighted by atomic mass is 19.3. The van der Waals surface area contributed by atoms with Gasteiger partial charge in [-0.2, -0.15) is 8.78 Å². The molecule has 0 aromatic heterocycles. The van der Waals surface area contributed by atoms with Gasteiger partial charge in [-0.05, 0) is 13.0 Å². The van der Waals surface area contributed by atoms with Gasteiger partial charge in [0, 0.05) is 5.56 Å². The Morgan fingerprint density at radius 3 is 2.52 bits per heavy atom. The summed E-state index contributed by atoms with van der Waals surface area (Å²) in [6, 6.07) is 6.19. The van der Waals surface area contributed by atoms with Gasteiger partial charge in [-0.15, -0.1) is 0 Å². The Morgan fingerprint density at radius 2 is 1.95 bits per heavy atom. The monoisotopic (exact) mass is 310 g/mol. The lowest BCUT2D eigenvalue weighted by Crippen LogP contribution is -2.36. The van der Waals surface area contributed by atoms with Crippen LogP contribution >= 0.6 is 0 Å². The van der Waals surface area contributed by atoms with Crippen molar-refractivity contribution in [2.45, 2.75) is 25.3 Å². The summed E-state index contributed by atoms with van der Waals surface area (Å²) in [5.41, 5.74) is 2.99. The molecule has 0 heterocycles. The molecule has 8 heteroatoms. The van der Waals surface area contributed by atoms with Crippen LogP contribution in [0.4, 0.5) is 17.6 Å². The Hall–Kier alpha value is -1.38. The number of hydrazine groups is 1. The fourth-order valence-electron chi connectivity index (χ4n) is 1.66. The fraction of sp³-hybridized carbons (Fsp3) is 0.538. The van der Waals surface area contributed by atoms with Crippen molar-refractivity contribution in [3.05, 3.63) is 29.8 Å². The van der Waals surface area contributed by atoms with Crippen molar-refractivity contribution >= 4 is 0 Å². The zero-order chi connectivity index (χ0) is 15.9. The Morgan fingerprint density at radius 1 is 1.29 bits per heavy atom. The van der Waals surface area contributed by atoms with Crippen molar-refractivity contribution in [2.24, 2.45) is 5.84 Å². The number of alkyl halides is 4. The van der Waals surface area contributed by atoms with Gasteiger partial charge in [-0.3, -0.25) is 11.3 Å². The Bertz CT molecular complexity index is 432. The van der Waals surface area contributed by atoms with E-state index in [0.717, 1.165) is 0 Å². The highest BCUT2D eigenvalue weighted by molar-refractivity contribution is 5.35. The molecule has 0 fully saturated rings. The summed E-state index contributed by atoms with van der Waals surface area (Å²) < 4.78 is 59.6. The molecule has 1 aromatic rings. The molecule has 0 saturated heterocycles. The summed E-state index contributed by atoms with van der Waals surface area (Å²) in [4.78, 5) is 0. The van der Waals surface area contributed by atoms with Gasteiger partial charge in [0.25, 0.3) is 0 Å². The van der Waals surface area contributed by atoms with Crippen LogP contribution in [0.25, 0.3) is 0 Å². The van der Waals surface area contributed by atoms with Crippen molar-refractivity contribution in [2.75, 3.05) is 19.8 Å². The number of para-hydroxylation sites is 1. The molecule has 0 bridgehead atoms. The second-order valence-electron chi connectivity index (χ2n) is 4.27. The number of nitrogens with two attached hydrogens (primary N) is 1. The summed E-state index contributed by atoms with van der Waals surface area (Å²) in [7, 11) is 0. The molecule has 120 valence electrons. The molecule has 1 rings (SSSR count). The van der Waals surface area contributed by atoms with Crippen molar-refractivity contribution in [3.8, 4) is 5.75 Å². The zero-order valence-electron chi connectivity index (χ0n) is 11.5. The summed E-state index contributed by atoms with van der Waals surface area (Å²) in [5, 5.41) is 0. The molecule has 4 nitrogen and oxygen atoms in total. The molecule has 0 amide bonds. The number of rotatable bonds is 9. The molecule has 0 aliphatic rings. The van der Waals surface area contributed by atoms with Crippen molar-refractivity contribution < 1.29 is 27.0 Å². The van der Waals surface area contributed by atoms with Crippen LogP contribution in [0, 0.1) is 0 Å². The van der Waals surface area contributed by atoms with Crippen LogP contribution in [-0.2, 0) is 4.74 Å². The lowest BCUT2D eigenvalue weighted by molar-refractivity contribution is -0.167. The van der Waals surface area contributed by atoms with Crippen LogP contribution in [0.2, 0.25) is 0 Å². The van der Waals surface area contributed by atoms with E-state index >= 15 is 0 Å². The molecule has 1 aromatic carbocycles. The third kappa shape index (κ3) is 5.14. The highest BCUT2D eigenvalue weighted by Crippen LogP contribution is 2.27. The first kappa shape index (κ1) is 17.7. The topological polar surface area (TPSA) is 56.5 Å². The molecule has 1 unspecified atom stereocenters. The number of ether oxygens (including phenoxy) is 2. The molecule has 3 N–H and O–H groups in total. The quantitative estimate of drug-likeness (QED) is 0.418. The molecular weight excluding hydrogens is 292 g/mol. The third-order valence-corrected chi connectivity index (χ3v) is 2.69. The van der Waals surface area contributed by atoms with E-state index in [-0.39, 0.29) is 6.61 Å². The summed E-state index contributed by atoms with van der Waals surface area (Å²) in [5.74, 6) is 1.70. The third-order valence-electron chi connectivity index (χ3n) is 2.69. The standard InChI is InChI=1S/C13H18F4N2O2/c1-2-21-11-6-4-3-5-9(11)10(19-18)7-20-8-13(16,17)12(14)15/h3-6,10,12,19H,2,7-8,18H2,1H3. The van der Waals surface area contributed by atoms with Gasteiger partial charge in [0.2, 0.25) is 0 Å². The van der Waals surface area contributed by atoms with Crippen LogP contribution in [0.5, 0.6) is 5.75 Å². The number of halogens is 4. The largest absolute Gasteiger partial charge is 0.494 e. The van der Waals surface area contributed by atoms with Crippen LogP contribution < -0.4 is 16.0 Å². The summed E-state index contributed by atoms with van der Waals surface area (Å²) in [6.45, 7) is 0.544. The van der Waals surface area contributed by atoms with Gasteiger partial charge in [-0.1, -0.05) is 18.2 Å². The van der Waals surface area contributed by atoms with Gasteiger partial charge in [0.05, 0.1) is 19.3 Å². The number of benzene rings is 1. The first-order valence-electron chi connectivity index (χ1n) is 6.34. The maximum atomic E-state index is 12.8. The minimum absolute atomic E-state index is 0.289. The molecule has 0 saturated carbocycles. The van der Waals surface area contributed by atoms with Crippen LogP contribution in [0.1, 0.15) is 18.5 Å². The summed E-state index contributed by atoms with van der Waals surface area (Å²) in [6.07, 6.45) is -3.77. The van der Waals surface area contributed by atoms with E-state index in [1.807, 2.05) is 0 Å². The minimum Gasteiger partial charge on any atom is -0.494 e. The van der Waals surface area contributed by atoms with E-state index < -0.39 is 25.0 Å². The highest BCUT2D eigenvalue weighted by Gasteiger charge is 2.41. The van der Waals surface area contributed by atoms with E-state index in [0.29, 0.717) is 17.9 Å². The van der Waals surface area contributed by atoms with Crippen LogP contribution in [-0.4, -0.2) is 32.2 Å². The maximum absolute atomic E-state index is 12.8. The first-order chi connectivity index (χ1) is 9.92. The van der Waals surface area contributed by atoms with E-state index in [1.54, 1.807) is 31.2 Å². The molecule has 0 aliphatic carbocycles. The molecular formula is C13H18F4N2O2. The normalized spacial score (nSPS) is 13.5. The second-order valence-corrected chi connectivity index (χ2v) is 4.27. The maximum Gasteiger partial charge on any atom is 0.330 e. The van der Waals surface area contributed by atoms with E-state index in [4.69, 9.17) is 10.6 Å². The Balaban J connectivity index is 2.67. The van der Waals surface area contributed by atoms with Gasteiger partial charge < -0.3 is 9.47 Å². The molecule has 21 heavy (non-hydrogen) atoms. The number of hydrogen-bond donors (Lipinski definition) is 2. The lowest BCUT2D eigenvalue weighted by Gasteiger charge is -2.21. The van der Waals surface area contributed by atoms with Gasteiger partial charge in [0.15, 0.2) is 0 Å². The average Bonchev–Trinajstić information content (AvgIpc) is 2.45. The second kappa shape index (κ2) is 8.16. The molecule has 0 radical (unpaired) electrons. The van der Waals surface area contributed by atoms with E-state index in [1.165, 1.54) is 0 Å². The lowest BCUT2D eigenvalue weighted by atomic mass is 10.1. The van der Waals surface area contributed by atoms with Crippen LogP contribution in [0.3, 0.4) is 0 Å². The predicted octanol–water partition coefficient (Wildman–Crippen LogP) is 2.51. The molecule has 0 spiro atoms. The van der Waals surface area contributed by atoms with E-state index in [9.17, 15) is 17.6 Å². The van der Waals surface area contributed by atoms with E-state index in [2.05, 4.69) is 10.2 Å². The molecule has 0 aliphatic heterocycles. The zero-order valence-corrected chi connectivity index (χ0v) is 11.5. The SMILES string of the molecule is CCOc1ccccc1C(COCC(F)(F)C(F)F)NN. The minimum atomic E-state index is -4.18. The van der Waals surface area contributed by atoms with Crippen molar-refractivity contribution in [1.82, 2.24) is 5.43 Å². The van der Waals surface area contributed by atoms with Gasteiger partial charge in [-0.25, -0.2) is 8.78 Å².